The van der Waals surface area contributed by atoms with Gasteiger partial charge in [0.05, 0.1) is 5.41 Å². The van der Waals surface area contributed by atoms with Gasteiger partial charge >= 0.3 is 5.97 Å². The zero-order valence-electron chi connectivity index (χ0n) is 16.5. The van der Waals surface area contributed by atoms with Crippen LogP contribution in [0.25, 0.3) is 0 Å². The zero-order chi connectivity index (χ0) is 17.8. The predicted molar refractivity (Wildman–Crippen MR) is 101 cm³/mol. The molecule has 0 heterocycles. The van der Waals surface area contributed by atoms with Crippen LogP contribution in [0.3, 0.4) is 0 Å². The summed E-state index contributed by atoms with van der Waals surface area (Å²) in [6.45, 7) is 10.9. The fourth-order valence-electron chi connectivity index (χ4n) is 4.08. The van der Waals surface area contributed by atoms with Crippen LogP contribution in [-0.2, 0) is 4.79 Å². The van der Waals surface area contributed by atoms with E-state index in [1.807, 2.05) is 0 Å². The van der Waals surface area contributed by atoms with Crippen LogP contribution in [0.1, 0.15) is 118 Å². The molecule has 0 aliphatic heterocycles. The monoisotopic (exact) mass is 326 g/mol. The van der Waals surface area contributed by atoms with Crippen molar-refractivity contribution < 1.29 is 9.90 Å². The molecular weight excluding hydrogens is 284 g/mol. The van der Waals surface area contributed by atoms with Crippen LogP contribution in [0.5, 0.6) is 0 Å². The van der Waals surface area contributed by atoms with Crippen molar-refractivity contribution in [1.29, 1.82) is 0 Å². The van der Waals surface area contributed by atoms with Gasteiger partial charge in [-0.1, -0.05) is 85.5 Å². The van der Waals surface area contributed by atoms with Gasteiger partial charge in [-0.05, 0) is 38.0 Å². The van der Waals surface area contributed by atoms with Gasteiger partial charge in [0, 0.05) is 0 Å². The quantitative estimate of drug-likeness (QED) is 0.323. The summed E-state index contributed by atoms with van der Waals surface area (Å²) in [4.78, 5) is 12.3. The van der Waals surface area contributed by atoms with Gasteiger partial charge in [-0.2, -0.15) is 0 Å². The van der Waals surface area contributed by atoms with Crippen LogP contribution >= 0.6 is 0 Å². The molecule has 0 bridgehead atoms. The van der Waals surface area contributed by atoms with E-state index >= 15 is 0 Å². The molecule has 0 aliphatic rings. The van der Waals surface area contributed by atoms with Gasteiger partial charge in [-0.25, -0.2) is 0 Å². The van der Waals surface area contributed by atoms with Crippen molar-refractivity contribution in [3.63, 3.8) is 0 Å². The molecule has 0 rings (SSSR count). The van der Waals surface area contributed by atoms with E-state index in [4.69, 9.17) is 0 Å². The molecule has 23 heavy (non-hydrogen) atoms. The van der Waals surface area contributed by atoms with Crippen LogP contribution < -0.4 is 0 Å². The van der Waals surface area contributed by atoms with Crippen molar-refractivity contribution in [2.45, 2.75) is 118 Å². The molecule has 1 N–H and O–H groups in total. The number of hydrogen-bond donors (Lipinski definition) is 1. The third-order valence-corrected chi connectivity index (χ3v) is 5.95. The van der Waals surface area contributed by atoms with Crippen LogP contribution in [-0.4, -0.2) is 11.1 Å². The van der Waals surface area contributed by atoms with Crippen LogP contribution in [0.2, 0.25) is 0 Å². The van der Waals surface area contributed by atoms with Gasteiger partial charge in [-0.3, -0.25) is 4.79 Å². The molecule has 0 aliphatic carbocycles. The van der Waals surface area contributed by atoms with Gasteiger partial charge in [0.1, 0.15) is 0 Å². The molecule has 0 spiro atoms. The Labute approximate surface area is 145 Å². The lowest BCUT2D eigenvalue weighted by Gasteiger charge is -2.47. The molecule has 1 atom stereocenters. The first kappa shape index (κ1) is 22.5. The number of carbonyl (C=O) groups is 1. The first-order valence-electron chi connectivity index (χ1n) is 10.2. The van der Waals surface area contributed by atoms with Gasteiger partial charge in [0.25, 0.3) is 0 Å². The molecular formula is C21H42O2. The standard InChI is InChI=1S/C21H42O2/c1-6-10-14-18-21(16-12-8-3,17-13-9-4)20(5,19(22)23)15-11-7-2/h6-18H2,1-5H3,(H,22,23). The summed E-state index contributed by atoms with van der Waals surface area (Å²) in [5.41, 5.74) is -0.587. The molecule has 138 valence electrons. The maximum Gasteiger partial charge on any atom is 0.309 e. The minimum Gasteiger partial charge on any atom is -0.481 e. The molecule has 0 fully saturated rings. The summed E-state index contributed by atoms with van der Waals surface area (Å²) in [6, 6.07) is 0. The molecule has 0 aromatic heterocycles. The number of unbranched alkanes of at least 4 members (excludes halogenated alkanes) is 5. The van der Waals surface area contributed by atoms with Crippen molar-refractivity contribution in [3.05, 3.63) is 0 Å². The van der Waals surface area contributed by atoms with Gasteiger partial charge < -0.3 is 5.11 Å². The fraction of sp³-hybridized carbons (Fsp3) is 0.952. The minimum atomic E-state index is -0.568. The fourth-order valence-corrected chi connectivity index (χ4v) is 4.08. The number of hydrogen-bond acceptors (Lipinski definition) is 1. The first-order valence-corrected chi connectivity index (χ1v) is 10.2. The van der Waals surface area contributed by atoms with E-state index in [1.54, 1.807) is 0 Å². The lowest BCUT2D eigenvalue weighted by Crippen LogP contribution is -2.46. The Morgan fingerprint density at radius 2 is 1.09 bits per heavy atom. The van der Waals surface area contributed by atoms with Crippen LogP contribution in [0.15, 0.2) is 0 Å². The molecule has 2 heteroatoms. The maximum atomic E-state index is 12.3. The van der Waals surface area contributed by atoms with E-state index < -0.39 is 11.4 Å². The van der Waals surface area contributed by atoms with Crippen LogP contribution in [0.4, 0.5) is 0 Å². The average Bonchev–Trinajstić information content (AvgIpc) is 2.54. The molecule has 0 aromatic carbocycles. The average molecular weight is 327 g/mol. The molecule has 1 unspecified atom stereocenters. The van der Waals surface area contributed by atoms with E-state index in [9.17, 15) is 9.90 Å². The highest BCUT2D eigenvalue weighted by Crippen LogP contribution is 2.53. The summed E-state index contributed by atoms with van der Waals surface area (Å²) < 4.78 is 0. The Morgan fingerprint density at radius 3 is 1.48 bits per heavy atom. The maximum absolute atomic E-state index is 12.3. The number of carboxylic acid groups (broad SMARTS) is 1. The summed E-state index contributed by atoms with van der Waals surface area (Å²) in [6.07, 6.45) is 14.4. The summed E-state index contributed by atoms with van der Waals surface area (Å²) >= 11 is 0. The van der Waals surface area contributed by atoms with Gasteiger partial charge in [-0.15, -0.1) is 0 Å². The molecule has 0 saturated carbocycles. The van der Waals surface area contributed by atoms with E-state index in [-0.39, 0.29) is 5.41 Å². The number of carboxylic acids is 1. The van der Waals surface area contributed by atoms with Gasteiger partial charge in [0.2, 0.25) is 0 Å². The Morgan fingerprint density at radius 1 is 0.696 bits per heavy atom. The Hall–Kier alpha value is -0.530. The first-order chi connectivity index (χ1) is 10.9. The smallest absolute Gasteiger partial charge is 0.309 e. The third-order valence-electron chi connectivity index (χ3n) is 5.95. The molecule has 2 nitrogen and oxygen atoms in total. The normalized spacial score (nSPS) is 14.7. The molecule has 0 amide bonds. The largest absolute Gasteiger partial charge is 0.481 e. The van der Waals surface area contributed by atoms with Crippen molar-refractivity contribution >= 4 is 5.97 Å². The molecule has 0 radical (unpaired) electrons. The predicted octanol–water partition coefficient (Wildman–Crippen LogP) is 7.21. The highest BCUT2D eigenvalue weighted by molar-refractivity contribution is 5.75. The molecule has 0 aromatic rings. The second-order valence-corrected chi connectivity index (χ2v) is 7.69. The topological polar surface area (TPSA) is 37.3 Å². The van der Waals surface area contributed by atoms with Crippen molar-refractivity contribution in [2.24, 2.45) is 10.8 Å². The van der Waals surface area contributed by atoms with E-state index in [0.29, 0.717) is 0 Å². The van der Waals surface area contributed by atoms with Gasteiger partial charge in [0.15, 0.2) is 0 Å². The zero-order valence-corrected chi connectivity index (χ0v) is 16.5. The highest BCUT2D eigenvalue weighted by Gasteiger charge is 2.51. The Balaban J connectivity index is 5.59. The van der Waals surface area contributed by atoms with Crippen LogP contribution in [0, 0.1) is 10.8 Å². The minimum absolute atomic E-state index is 0.0187. The second kappa shape index (κ2) is 11.9. The number of aliphatic carboxylic acids is 1. The van der Waals surface area contributed by atoms with E-state index in [0.717, 1.165) is 64.2 Å². The van der Waals surface area contributed by atoms with E-state index in [2.05, 4.69) is 34.6 Å². The summed E-state index contributed by atoms with van der Waals surface area (Å²) in [5.74, 6) is -0.561. The van der Waals surface area contributed by atoms with Crippen molar-refractivity contribution in [2.75, 3.05) is 0 Å². The molecule has 0 saturated heterocycles. The summed E-state index contributed by atoms with van der Waals surface area (Å²) in [5, 5.41) is 10.1. The lowest BCUT2D eigenvalue weighted by atomic mass is 9.55. The number of rotatable bonds is 15. The highest BCUT2D eigenvalue weighted by atomic mass is 16.4. The Kier molecular flexibility index (Phi) is 11.6. The van der Waals surface area contributed by atoms with Crippen molar-refractivity contribution in [1.82, 2.24) is 0 Å². The third kappa shape index (κ3) is 6.47. The summed E-state index contributed by atoms with van der Waals surface area (Å²) in [7, 11) is 0. The lowest BCUT2D eigenvalue weighted by molar-refractivity contribution is -0.160. The van der Waals surface area contributed by atoms with Crippen molar-refractivity contribution in [3.8, 4) is 0 Å². The van der Waals surface area contributed by atoms with E-state index in [1.165, 1.54) is 19.3 Å². The Bertz CT molecular complexity index is 303. The second-order valence-electron chi connectivity index (χ2n) is 7.69. The SMILES string of the molecule is CCCCCC(CCCC)(CCCC)C(C)(CCCC)C(=O)O.